The second kappa shape index (κ2) is 11.1. The van der Waals surface area contributed by atoms with Crippen LogP contribution in [0.25, 0.3) is 0 Å². The van der Waals surface area contributed by atoms with Crippen LogP contribution < -0.4 is 4.74 Å². The lowest BCUT2D eigenvalue weighted by Gasteiger charge is -2.36. The maximum Gasteiger partial charge on any atom is 0.362 e. The number of hydrogen-bond acceptors (Lipinski definition) is 5. The van der Waals surface area contributed by atoms with Gasteiger partial charge < -0.3 is 9.47 Å². The Morgan fingerprint density at radius 3 is 1.79 bits per heavy atom. The second-order valence-electron chi connectivity index (χ2n) is 8.36. The van der Waals surface area contributed by atoms with Crippen LogP contribution in [0.1, 0.15) is 34.1 Å². The number of benzene rings is 4. The van der Waals surface area contributed by atoms with Crippen LogP contribution in [0.5, 0.6) is 11.6 Å². The third-order valence-electron chi connectivity index (χ3n) is 6.11. The lowest BCUT2D eigenvalue weighted by Crippen LogP contribution is -2.40. The van der Waals surface area contributed by atoms with Crippen LogP contribution in [0.3, 0.4) is 0 Å². The van der Waals surface area contributed by atoms with Crippen molar-refractivity contribution in [3.8, 4) is 11.6 Å². The molecule has 0 unspecified atom stereocenters. The van der Waals surface area contributed by atoms with Crippen molar-refractivity contribution >= 4 is 29.2 Å². The Hall–Kier alpha value is -4.13. The highest BCUT2D eigenvalue weighted by Gasteiger charge is 2.44. The van der Waals surface area contributed by atoms with E-state index < -0.39 is 11.5 Å². The maximum atomic E-state index is 13.5. The van der Waals surface area contributed by atoms with Gasteiger partial charge in [-0.25, -0.2) is 9.48 Å². The molecule has 4 aromatic carbocycles. The first kappa shape index (κ1) is 25.5. The predicted molar refractivity (Wildman–Crippen MR) is 147 cm³/mol. The highest BCUT2D eigenvalue weighted by molar-refractivity contribution is 6.42. The van der Waals surface area contributed by atoms with Crippen molar-refractivity contribution in [3.63, 3.8) is 0 Å². The number of esters is 1. The molecule has 0 spiro atoms. The monoisotopic (exact) mass is 543 g/mol. The van der Waals surface area contributed by atoms with E-state index >= 15 is 0 Å². The van der Waals surface area contributed by atoms with Gasteiger partial charge in [0.25, 0.3) is 5.88 Å². The molecule has 5 aromatic rings. The molecule has 1 aromatic heterocycles. The topological polar surface area (TPSA) is 66.2 Å². The third kappa shape index (κ3) is 4.64. The Morgan fingerprint density at radius 1 is 0.789 bits per heavy atom. The molecule has 0 aliphatic carbocycles. The molecule has 5 rings (SSSR count). The summed E-state index contributed by atoms with van der Waals surface area (Å²) in [6.45, 7) is 1.90. The fraction of sp³-hybridized carbons (Fsp3) is 0.100. The van der Waals surface area contributed by atoms with E-state index in [9.17, 15) is 4.79 Å². The molecule has 8 heteroatoms. The summed E-state index contributed by atoms with van der Waals surface area (Å²) < 4.78 is 13.1. The van der Waals surface area contributed by atoms with Crippen LogP contribution in [0.15, 0.2) is 109 Å². The van der Waals surface area contributed by atoms with Gasteiger partial charge in [-0.1, -0.05) is 125 Å². The molecule has 0 atom stereocenters. The van der Waals surface area contributed by atoms with Gasteiger partial charge in [-0.15, -0.1) is 0 Å². The smallest absolute Gasteiger partial charge is 0.362 e. The van der Waals surface area contributed by atoms with Crippen molar-refractivity contribution in [2.45, 2.75) is 12.5 Å². The minimum absolute atomic E-state index is 0.0194. The van der Waals surface area contributed by atoms with Gasteiger partial charge in [0, 0.05) is 6.07 Å². The number of hydrogen-bond donors (Lipinski definition) is 0. The summed E-state index contributed by atoms with van der Waals surface area (Å²) in [7, 11) is 0. The van der Waals surface area contributed by atoms with E-state index in [1.807, 2.05) is 91.0 Å². The van der Waals surface area contributed by atoms with Crippen LogP contribution >= 0.6 is 23.2 Å². The Bertz CT molecular complexity index is 1440. The van der Waals surface area contributed by atoms with E-state index in [-0.39, 0.29) is 18.2 Å². The summed E-state index contributed by atoms with van der Waals surface area (Å²) in [6, 6.07) is 34.3. The molecular weight excluding hydrogens is 521 g/mol. The number of aromatic nitrogens is 3. The number of ether oxygens (including phenoxy) is 2. The Balaban J connectivity index is 1.83. The fourth-order valence-electron chi connectivity index (χ4n) is 4.50. The molecule has 0 N–H and O–H groups in total. The number of carbonyl (C=O) groups excluding carboxylic acids is 1. The van der Waals surface area contributed by atoms with Gasteiger partial charge in [0.2, 0.25) is 5.69 Å². The number of nitrogens with zero attached hydrogens (tertiary/aromatic N) is 3. The van der Waals surface area contributed by atoms with E-state index in [2.05, 4.69) is 10.3 Å². The molecule has 0 radical (unpaired) electrons. The lowest BCUT2D eigenvalue weighted by molar-refractivity contribution is 0.0505. The molecule has 1 heterocycles. The number of halogens is 2. The standard InChI is InChI=1S/C30H23Cl2N3O3/c1-2-37-29(36)27-28(38-24-18-19-25(31)26(32)20-24)33-34-35(27)30(21-12-6-3-7-13-21,22-14-8-4-9-15-22)23-16-10-5-11-17-23/h3-20H,2H2,1H3. The minimum Gasteiger partial charge on any atom is -0.461 e. The molecule has 0 bridgehead atoms. The summed E-state index contributed by atoms with van der Waals surface area (Å²) in [4.78, 5) is 13.5. The van der Waals surface area contributed by atoms with Crippen molar-refractivity contribution < 1.29 is 14.3 Å². The molecule has 190 valence electrons. The van der Waals surface area contributed by atoms with Crippen LogP contribution in [-0.2, 0) is 10.3 Å². The molecular formula is C30H23Cl2N3O3. The second-order valence-corrected chi connectivity index (χ2v) is 9.18. The van der Waals surface area contributed by atoms with Gasteiger partial charge in [-0.05, 0) is 35.7 Å². The Labute approximate surface area is 230 Å². The van der Waals surface area contributed by atoms with Crippen LogP contribution in [0, 0.1) is 0 Å². The zero-order valence-corrected chi connectivity index (χ0v) is 21.9. The lowest BCUT2D eigenvalue weighted by atomic mass is 9.77. The zero-order chi connectivity index (χ0) is 26.5. The van der Waals surface area contributed by atoms with E-state index in [4.69, 9.17) is 32.7 Å². The molecule has 38 heavy (non-hydrogen) atoms. The average molecular weight is 544 g/mol. The molecule has 0 amide bonds. The molecule has 0 saturated carbocycles. The van der Waals surface area contributed by atoms with Crippen LogP contribution in [-0.4, -0.2) is 27.6 Å². The predicted octanol–water partition coefficient (Wildman–Crippen LogP) is 7.39. The zero-order valence-electron chi connectivity index (χ0n) is 20.4. The highest BCUT2D eigenvalue weighted by atomic mass is 35.5. The minimum atomic E-state index is -1.09. The largest absolute Gasteiger partial charge is 0.461 e. The first-order chi connectivity index (χ1) is 18.6. The average Bonchev–Trinajstić information content (AvgIpc) is 3.37. The fourth-order valence-corrected chi connectivity index (χ4v) is 4.79. The number of carbonyl (C=O) groups is 1. The summed E-state index contributed by atoms with van der Waals surface area (Å²) >= 11 is 12.3. The maximum absolute atomic E-state index is 13.5. The normalized spacial score (nSPS) is 11.2. The van der Waals surface area contributed by atoms with Crippen LogP contribution in [0.2, 0.25) is 10.0 Å². The summed E-state index contributed by atoms with van der Waals surface area (Å²) in [5, 5.41) is 9.55. The van der Waals surface area contributed by atoms with Gasteiger partial charge >= 0.3 is 5.97 Å². The molecule has 6 nitrogen and oxygen atoms in total. The number of rotatable bonds is 8. The SMILES string of the molecule is CCOC(=O)c1c(Oc2ccc(Cl)c(Cl)c2)nnn1C(c1ccccc1)(c1ccccc1)c1ccccc1. The molecule has 0 aliphatic rings. The first-order valence-electron chi connectivity index (χ1n) is 12.0. The Kier molecular flexibility index (Phi) is 7.45. The Morgan fingerprint density at radius 2 is 1.32 bits per heavy atom. The van der Waals surface area contributed by atoms with Gasteiger partial charge in [-0.3, -0.25) is 0 Å². The first-order valence-corrected chi connectivity index (χ1v) is 12.7. The van der Waals surface area contributed by atoms with Gasteiger partial charge in [0.1, 0.15) is 11.3 Å². The van der Waals surface area contributed by atoms with E-state index in [0.29, 0.717) is 15.8 Å². The van der Waals surface area contributed by atoms with E-state index in [1.54, 1.807) is 29.8 Å². The van der Waals surface area contributed by atoms with Crippen molar-refractivity contribution in [1.82, 2.24) is 15.0 Å². The third-order valence-corrected chi connectivity index (χ3v) is 6.85. The van der Waals surface area contributed by atoms with Crippen molar-refractivity contribution in [1.29, 1.82) is 0 Å². The van der Waals surface area contributed by atoms with E-state index in [0.717, 1.165) is 16.7 Å². The quantitative estimate of drug-likeness (QED) is 0.151. The van der Waals surface area contributed by atoms with Crippen molar-refractivity contribution in [2.24, 2.45) is 0 Å². The summed E-state index contributed by atoms with van der Waals surface area (Å²) in [5.41, 5.74) is 1.57. The van der Waals surface area contributed by atoms with E-state index in [1.165, 1.54) is 0 Å². The van der Waals surface area contributed by atoms with Crippen LogP contribution in [0.4, 0.5) is 0 Å². The molecule has 0 aliphatic heterocycles. The highest BCUT2D eigenvalue weighted by Crippen LogP contribution is 2.42. The summed E-state index contributed by atoms with van der Waals surface area (Å²) in [6.07, 6.45) is 0. The van der Waals surface area contributed by atoms with Gasteiger partial charge in [0.15, 0.2) is 0 Å². The van der Waals surface area contributed by atoms with Crippen molar-refractivity contribution in [3.05, 3.63) is 142 Å². The van der Waals surface area contributed by atoms with Gasteiger partial charge in [-0.2, -0.15) is 0 Å². The molecule has 0 fully saturated rings. The molecule has 0 saturated heterocycles. The summed E-state index contributed by atoms with van der Waals surface area (Å²) in [5.74, 6) is -0.296. The van der Waals surface area contributed by atoms with Gasteiger partial charge in [0.05, 0.1) is 16.7 Å². The van der Waals surface area contributed by atoms with Crippen molar-refractivity contribution in [2.75, 3.05) is 6.61 Å².